The Hall–Kier alpha value is -3.25. The number of ether oxygens (including phenoxy) is 2. The highest BCUT2D eigenvalue weighted by atomic mass is 35.5. The molecule has 0 saturated heterocycles. The number of halogens is 2. The van der Waals surface area contributed by atoms with Crippen molar-refractivity contribution in [2.24, 2.45) is 0 Å². The molecule has 0 atom stereocenters. The highest BCUT2D eigenvalue weighted by molar-refractivity contribution is 6.30. The van der Waals surface area contributed by atoms with Crippen LogP contribution in [0.25, 0.3) is 0 Å². The number of hydrogen-bond donors (Lipinski definition) is 2. The Morgan fingerprint density at radius 3 is 2.60 bits per heavy atom. The quantitative estimate of drug-likeness (QED) is 0.472. The molecule has 0 fully saturated rings. The molecule has 0 unspecified atom stereocenters. The fourth-order valence-electron chi connectivity index (χ4n) is 2.74. The molecule has 0 radical (unpaired) electrons. The molecule has 7 heteroatoms. The Morgan fingerprint density at radius 2 is 1.83 bits per heavy atom. The first-order valence-electron chi connectivity index (χ1n) is 9.47. The molecule has 0 aliphatic rings. The van der Waals surface area contributed by atoms with Crippen LogP contribution in [0.2, 0.25) is 5.02 Å². The van der Waals surface area contributed by atoms with Crippen molar-refractivity contribution in [1.82, 2.24) is 0 Å². The monoisotopic (exact) mass is 428 g/mol. The average Bonchev–Trinajstić information content (AvgIpc) is 2.73. The zero-order valence-electron chi connectivity index (χ0n) is 16.5. The van der Waals surface area contributed by atoms with E-state index in [1.165, 1.54) is 12.1 Å². The van der Waals surface area contributed by atoms with E-state index in [4.69, 9.17) is 21.1 Å². The summed E-state index contributed by atoms with van der Waals surface area (Å²) in [6.45, 7) is 2.61. The molecule has 5 nitrogen and oxygen atoms in total. The smallest absolute Gasteiger partial charge is 0.262 e. The predicted octanol–water partition coefficient (Wildman–Crippen LogP) is 5.51. The van der Waals surface area contributed by atoms with Crippen LogP contribution in [0.1, 0.15) is 12.5 Å². The van der Waals surface area contributed by atoms with Crippen LogP contribution in [0.15, 0.2) is 66.7 Å². The minimum Gasteiger partial charge on any atom is -0.490 e. The van der Waals surface area contributed by atoms with Crippen LogP contribution in [0.5, 0.6) is 11.5 Å². The van der Waals surface area contributed by atoms with Crippen molar-refractivity contribution in [3.8, 4) is 11.5 Å². The molecular weight excluding hydrogens is 407 g/mol. The van der Waals surface area contributed by atoms with Gasteiger partial charge in [-0.3, -0.25) is 4.79 Å². The lowest BCUT2D eigenvalue weighted by Gasteiger charge is -2.14. The molecule has 0 bridgehead atoms. The van der Waals surface area contributed by atoms with Crippen LogP contribution in [0.3, 0.4) is 0 Å². The number of carbonyl (C=O) groups is 1. The molecule has 0 heterocycles. The van der Waals surface area contributed by atoms with Crippen LogP contribution in [-0.2, 0) is 11.3 Å². The van der Waals surface area contributed by atoms with Gasteiger partial charge in [0.25, 0.3) is 5.91 Å². The van der Waals surface area contributed by atoms with Crippen molar-refractivity contribution in [1.29, 1.82) is 0 Å². The van der Waals surface area contributed by atoms with E-state index in [1.54, 1.807) is 18.2 Å². The highest BCUT2D eigenvalue weighted by Crippen LogP contribution is 2.29. The first-order valence-corrected chi connectivity index (χ1v) is 9.85. The number of carbonyl (C=O) groups excluding carboxylic acids is 1. The van der Waals surface area contributed by atoms with E-state index in [2.05, 4.69) is 10.6 Å². The van der Waals surface area contributed by atoms with Gasteiger partial charge in [0, 0.05) is 17.3 Å². The van der Waals surface area contributed by atoms with Crippen LogP contribution >= 0.6 is 11.6 Å². The molecule has 0 aromatic heterocycles. The van der Waals surface area contributed by atoms with Gasteiger partial charge in [-0.1, -0.05) is 35.9 Å². The molecule has 3 aromatic rings. The first-order chi connectivity index (χ1) is 14.5. The average molecular weight is 429 g/mol. The predicted molar refractivity (Wildman–Crippen MR) is 117 cm³/mol. The fourth-order valence-corrected chi connectivity index (χ4v) is 2.94. The van der Waals surface area contributed by atoms with Crippen molar-refractivity contribution in [2.45, 2.75) is 13.5 Å². The highest BCUT2D eigenvalue weighted by Gasteiger charge is 2.11. The van der Waals surface area contributed by atoms with E-state index in [0.29, 0.717) is 29.7 Å². The second-order valence-electron chi connectivity index (χ2n) is 6.39. The maximum Gasteiger partial charge on any atom is 0.262 e. The molecule has 0 aliphatic carbocycles. The number of amides is 1. The molecule has 30 heavy (non-hydrogen) atoms. The minimum atomic E-state index is -0.502. The van der Waals surface area contributed by atoms with Gasteiger partial charge in [-0.2, -0.15) is 0 Å². The number of rotatable bonds is 9. The molecule has 1 amide bonds. The number of benzene rings is 3. The van der Waals surface area contributed by atoms with E-state index < -0.39 is 11.7 Å². The normalized spacial score (nSPS) is 10.4. The van der Waals surface area contributed by atoms with E-state index in [9.17, 15) is 9.18 Å². The molecule has 0 aliphatic heterocycles. The molecule has 3 rings (SSSR count). The molecule has 0 spiro atoms. The third-order valence-corrected chi connectivity index (χ3v) is 4.37. The third kappa shape index (κ3) is 6.12. The molecule has 0 saturated carbocycles. The van der Waals surface area contributed by atoms with Crippen molar-refractivity contribution < 1.29 is 18.7 Å². The van der Waals surface area contributed by atoms with Crippen molar-refractivity contribution >= 4 is 28.9 Å². The van der Waals surface area contributed by atoms with Crippen LogP contribution in [-0.4, -0.2) is 19.1 Å². The largest absolute Gasteiger partial charge is 0.490 e. The van der Waals surface area contributed by atoms with Gasteiger partial charge >= 0.3 is 0 Å². The Balaban J connectivity index is 1.61. The second-order valence-corrected chi connectivity index (χ2v) is 6.83. The topological polar surface area (TPSA) is 59.6 Å². The van der Waals surface area contributed by atoms with E-state index in [0.717, 1.165) is 11.3 Å². The first kappa shape index (κ1) is 21.5. The lowest BCUT2D eigenvalue weighted by atomic mass is 10.2. The van der Waals surface area contributed by atoms with Crippen molar-refractivity contribution in [2.75, 3.05) is 23.8 Å². The molecule has 3 aromatic carbocycles. The van der Waals surface area contributed by atoms with Crippen LogP contribution in [0.4, 0.5) is 15.8 Å². The summed E-state index contributed by atoms with van der Waals surface area (Å²) in [5, 5.41) is 6.44. The molecule has 156 valence electrons. The SMILES string of the molecule is CCOc1cc(CNc2cccc(Cl)c2)ccc1OCC(=O)Nc1ccccc1F. The summed E-state index contributed by atoms with van der Waals surface area (Å²) >= 11 is 6.00. The Kier molecular flexibility index (Phi) is 7.51. The number of nitrogens with one attached hydrogen (secondary N) is 2. The van der Waals surface area contributed by atoms with Crippen LogP contribution < -0.4 is 20.1 Å². The van der Waals surface area contributed by atoms with E-state index >= 15 is 0 Å². The minimum absolute atomic E-state index is 0.110. The Labute approximate surface area is 179 Å². The van der Waals surface area contributed by atoms with Crippen LogP contribution in [0, 0.1) is 5.82 Å². The zero-order chi connectivity index (χ0) is 21.3. The lowest BCUT2D eigenvalue weighted by molar-refractivity contribution is -0.118. The lowest BCUT2D eigenvalue weighted by Crippen LogP contribution is -2.21. The zero-order valence-corrected chi connectivity index (χ0v) is 17.2. The molecular formula is C23H22ClFN2O3. The summed E-state index contributed by atoms with van der Waals surface area (Å²) in [5.74, 6) is 0.000264. The van der Waals surface area contributed by atoms with Crippen molar-refractivity contribution in [3.63, 3.8) is 0 Å². The van der Waals surface area contributed by atoms with Gasteiger partial charge in [0.05, 0.1) is 12.3 Å². The Bertz CT molecular complexity index is 1010. The summed E-state index contributed by atoms with van der Waals surface area (Å²) < 4.78 is 24.9. The van der Waals surface area contributed by atoms with Gasteiger partial charge in [0.15, 0.2) is 18.1 Å². The number of para-hydroxylation sites is 1. The van der Waals surface area contributed by atoms with E-state index in [-0.39, 0.29) is 12.3 Å². The van der Waals surface area contributed by atoms with Gasteiger partial charge in [0.2, 0.25) is 0 Å². The second kappa shape index (κ2) is 10.5. The van der Waals surface area contributed by atoms with Crippen molar-refractivity contribution in [3.05, 3.63) is 83.1 Å². The van der Waals surface area contributed by atoms with Gasteiger partial charge in [-0.25, -0.2) is 4.39 Å². The summed E-state index contributed by atoms with van der Waals surface area (Å²) in [7, 11) is 0. The standard InChI is InChI=1S/C23H22ClFN2O3/c1-2-29-22-12-16(14-26-18-7-5-6-17(24)13-18)10-11-21(22)30-15-23(28)27-20-9-4-3-8-19(20)25/h3-13,26H,2,14-15H2,1H3,(H,27,28). The summed E-state index contributed by atoms with van der Waals surface area (Å²) in [5.41, 5.74) is 1.99. The van der Waals surface area contributed by atoms with Gasteiger partial charge < -0.3 is 20.1 Å². The maximum absolute atomic E-state index is 13.7. The van der Waals surface area contributed by atoms with Gasteiger partial charge in [0.1, 0.15) is 5.82 Å². The maximum atomic E-state index is 13.7. The summed E-state index contributed by atoms with van der Waals surface area (Å²) in [4.78, 5) is 12.1. The Morgan fingerprint density at radius 1 is 1.00 bits per heavy atom. The fraction of sp³-hybridized carbons (Fsp3) is 0.174. The summed E-state index contributed by atoms with van der Waals surface area (Å²) in [6, 6.07) is 18.9. The van der Waals surface area contributed by atoms with Gasteiger partial charge in [-0.15, -0.1) is 0 Å². The van der Waals surface area contributed by atoms with E-state index in [1.807, 2.05) is 43.3 Å². The number of anilines is 2. The molecule has 2 N–H and O–H groups in total. The number of hydrogen-bond acceptors (Lipinski definition) is 4. The van der Waals surface area contributed by atoms with Gasteiger partial charge in [-0.05, 0) is 55.0 Å². The summed E-state index contributed by atoms with van der Waals surface area (Å²) in [6.07, 6.45) is 0. The third-order valence-electron chi connectivity index (χ3n) is 4.14.